The average molecular weight is 469 g/mol. The zero-order chi connectivity index (χ0) is 25.3. The van der Waals surface area contributed by atoms with Crippen LogP contribution < -0.4 is 10.6 Å². The lowest BCUT2D eigenvalue weighted by Crippen LogP contribution is -2.15. The molecule has 4 aromatic rings. The number of nitriles is 2. The maximum atomic E-state index is 10.3. The quantitative estimate of drug-likeness (QED) is 0.238. The van der Waals surface area contributed by atoms with E-state index in [0.717, 1.165) is 22.5 Å². The van der Waals surface area contributed by atoms with Crippen LogP contribution in [-0.4, -0.2) is 9.97 Å². The largest absolute Gasteiger partial charge is 0.353 e. The number of rotatable bonds is 7. The number of benzene rings is 2. The predicted octanol–water partition coefficient (Wildman–Crippen LogP) is 6.49. The molecule has 2 aromatic heterocycles. The van der Waals surface area contributed by atoms with E-state index in [-0.39, 0.29) is 11.1 Å². The molecule has 2 N–H and O–H groups in total. The lowest BCUT2D eigenvalue weighted by molar-refractivity contribution is 1.24. The summed E-state index contributed by atoms with van der Waals surface area (Å²) in [6.07, 6.45) is 3.27. The van der Waals surface area contributed by atoms with E-state index in [1.165, 1.54) is 0 Å². The van der Waals surface area contributed by atoms with Crippen molar-refractivity contribution in [2.45, 2.75) is 13.8 Å². The van der Waals surface area contributed by atoms with Crippen molar-refractivity contribution in [3.63, 3.8) is 0 Å². The van der Waals surface area contributed by atoms with Crippen LogP contribution in [0.5, 0.6) is 0 Å². The summed E-state index contributed by atoms with van der Waals surface area (Å²) in [5.41, 5.74) is 6.12. The number of allylic oxidation sites excluding steroid dienone is 2. The van der Waals surface area contributed by atoms with E-state index in [9.17, 15) is 10.5 Å². The maximum absolute atomic E-state index is 10.3. The summed E-state index contributed by atoms with van der Waals surface area (Å²) in [5.74, 6) is 0. The zero-order valence-corrected chi connectivity index (χ0v) is 20.0. The first-order valence-electron chi connectivity index (χ1n) is 11.4. The van der Waals surface area contributed by atoms with Gasteiger partial charge in [-0.1, -0.05) is 47.5 Å². The molecule has 0 fully saturated rings. The molecule has 0 bridgehead atoms. The first kappa shape index (κ1) is 23.9. The summed E-state index contributed by atoms with van der Waals surface area (Å²) in [4.78, 5) is 8.83. The summed E-state index contributed by atoms with van der Waals surface area (Å²) in [6, 6.07) is 31.0. The highest BCUT2D eigenvalue weighted by atomic mass is 15.0. The minimum atomic E-state index is 0.287. The molecule has 6 heteroatoms. The van der Waals surface area contributed by atoms with Crippen LogP contribution in [-0.2, 0) is 0 Å². The molecule has 0 amide bonds. The number of hydrogen-bond donors (Lipinski definition) is 2. The molecule has 6 nitrogen and oxygen atoms in total. The first-order chi connectivity index (χ1) is 17.6. The highest BCUT2D eigenvalue weighted by Gasteiger charge is 2.21. The second-order valence-corrected chi connectivity index (χ2v) is 8.14. The van der Waals surface area contributed by atoms with Crippen molar-refractivity contribution in [2.24, 2.45) is 0 Å². The number of aromatic nitrogens is 2. The van der Waals surface area contributed by atoms with Crippen molar-refractivity contribution >= 4 is 22.5 Å². The van der Waals surface area contributed by atoms with Gasteiger partial charge in [0.2, 0.25) is 0 Å². The van der Waals surface area contributed by atoms with E-state index in [4.69, 9.17) is 0 Å². The highest BCUT2D eigenvalue weighted by Crippen LogP contribution is 2.31. The Bertz CT molecular complexity index is 1360. The van der Waals surface area contributed by atoms with Crippen molar-refractivity contribution in [3.05, 3.63) is 131 Å². The third kappa shape index (κ3) is 5.64. The van der Waals surface area contributed by atoms with Gasteiger partial charge >= 0.3 is 0 Å². The van der Waals surface area contributed by atoms with Gasteiger partial charge in [-0.15, -0.1) is 0 Å². The summed E-state index contributed by atoms with van der Waals surface area (Å²) < 4.78 is 0. The molecule has 0 spiro atoms. The van der Waals surface area contributed by atoms with Gasteiger partial charge in [0.1, 0.15) is 23.3 Å². The van der Waals surface area contributed by atoms with E-state index >= 15 is 0 Å². The van der Waals surface area contributed by atoms with Crippen molar-refractivity contribution in [1.29, 1.82) is 10.5 Å². The van der Waals surface area contributed by atoms with Crippen LogP contribution >= 0.6 is 0 Å². The molecule has 36 heavy (non-hydrogen) atoms. The standard InChI is InChI=1S/C30H24N6/c1-21-9-13-23(14-10-21)35-29(25(19-31)27-7-3-5-17-33-27)30(36-24-15-11-22(2)12-16-24)26(20-32)28-8-4-6-18-34-28/h3-18,35-36H,1-2H3/b29-25-,30-26-. The first-order valence-corrected chi connectivity index (χ1v) is 11.4. The maximum Gasteiger partial charge on any atom is 0.104 e. The van der Waals surface area contributed by atoms with Gasteiger partial charge < -0.3 is 10.6 Å². The minimum absolute atomic E-state index is 0.287. The predicted molar refractivity (Wildman–Crippen MR) is 143 cm³/mol. The number of nitrogens with zero attached hydrogens (tertiary/aromatic N) is 4. The fourth-order valence-electron chi connectivity index (χ4n) is 3.57. The molecule has 2 aromatic carbocycles. The van der Waals surface area contributed by atoms with Crippen LogP contribution in [0.3, 0.4) is 0 Å². The van der Waals surface area contributed by atoms with Crippen molar-refractivity contribution in [2.75, 3.05) is 10.6 Å². The van der Waals surface area contributed by atoms with Gasteiger partial charge in [0.15, 0.2) is 0 Å². The Morgan fingerprint density at radius 1 is 0.583 bits per heavy atom. The van der Waals surface area contributed by atoms with Crippen LogP contribution in [0, 0.1) is 36.5 Å². The Balaban J connectivity index is 2.01. The summed E-state index contributed by atoms with van der Waals surface area (Å²) in [7, 11) is 0. The topological polar surface area (TPSA) is 97.4 Å². The second-order valence-electron chi connectivity index (χ2n) is 8.14. The number of hydrogen-bond acceptors (Lipinski definition) is 6. The molecule has 0 unspecified atom stereocenters. The molecule has 0 aliphatic rings. The van der Waals surface area contributed by atoms with Crippen molar-refractivity contribution in [3.8, 4) is 12.1 Å². The summed E-state index contributed by atoms with van der Waals surface area (Å²) >= 11 is 0. The number of aryl methyl sites for hydroxylation is 2. The molecule has 0 aliphatic carbocycles. The number of pyridine rings is 2. The minimum Gasteiger partial charge on any atom is -0.353 e. The van der Waals surface area contributed by atoms with Gasteiger partial charge in [-0.2, -0.15) is 10.5 Å². The van der Waals surface area contributed by atoms with Gasteiger partial charge in [0.25, 0.3) is 0 Å². The zero-order valence-electron chi connectivity index (χ0n) is 20.0. The third-order valence-electron chi connectivity index (χ3n) is 5.46. The van der Waals surface area contributed by atoms with Gasteiger partial charge in [-0.3, -0.25) is 9.97 Å². The molecule has 0 atom stereocenters. The second kappa shape index (κ2) is 11.3. The molecular formula is C30H24N6. The van der Waals surface area contributed by atoms with E-state index in [2.05, 4.69) is 32.7 Å². The molecule has 0 saturated carbocycles. The highest BCUT2D eigenvalue weighted by molar-refractivity contribution is 5.91. The Hall–Kier alpha value is -5.20. The molecule has 4 rings (SSSR count). The number of anilines is 2. The smallest absolute Gasteiger partial charge is 0.104 e. The van der Waals surface area contributed by atoms with Crippen LogP contribution in [0.15, 0.2) is 109 Å². The van der Waals surface area contributed by atoms with Gasteiger partial charge in [-0.05, 0) is 62.4 Å². The Labute approximate surface area is 210 Å². The van der Waals surface area contributed by atoms with Gasteiger partial charge in [0, 0.05) is 23.8 Å². The van der Waals surface area contributed by atoms with Crippen molar-refractivity contribution < 1.29 is 0 Å². The summed E-state index contributed by atoms with van der Waals surface area (Å²) in [6.45, 7) is 4.02. The van der Waals surface area contributed by atoms with Crippen LogP contribution in [0.2, 0.25) is 0 Å². The monoisotopic (exact) mass is 468 g/mol. The Morgan fingerprint density at radius 3 is 1.28 bits per heavy atom. The number of nitrogens with one attached hydrogen (secondary N) is 2. The summed E-state index contributed by atoms with van der Waals surface area (Å²) in [5, 5.41) is 27.4. The molecular weight excluding hydrogens is 444 g/mol. The van der Waals surface area contributed by atoms with E-state index in [1.54, 1.807) is 36.7 Å². The fraction of sp³-hybridized carbons (Fsp3) is 0.0667. The lowest BCUT2D eigenvalue weighted by Gasteiger charge is -2.20. The van der Waals surface area contributed by atoms with E-state index in [1.807, 2.05) is 74.5 Å². The lowest BCUT2D eigenvalue weighted by atomic mass is 10.0. The molecule has 0 radical (unpaired) electrons. The Morgan fingerprint density at radius 2 is 0.972 bits per heavy atom. The van der Waals surface area contributed by atoms with Crippen LogP contribution in [0.4, 0.5) is 11.4 Å². The molecule has 0 aliphatic heterocycles. The average Bonchev–Trinajstić information content (AvgIpc) is 2.92. The Kier molecular flexibility index (Phi) is 7.51. The third-order valence-corrected chi connectivity index (χ3v) is 5.46. The van der Waals surface area contributed by atoms with Crippen LogP contribution in [0.25, 0.3) is 11.1 Å². The van der Waals surface area contributed by atoms with E-state index < -0.39 is 0 Å². The van der Waals surface area contributed by atoms with E-state index in [0.29, 0.717) is 22.8 Å². The molecule has 0 saturated heterocycles. The van der Waals surface area contributed by atoms with Crippen LogP contribution in [0.1, 0.15) is 22.5 Å². The van der Waals surface area contributed by atoms with Gasteiger partial charge in [-0.25, -0.2) is 0 Å². The normalized spacial score (nSPS) is 11.9. The molecule has 2 heterocycles. The fourth-order valence-corrected chi connectivity index (χ4v) is 3.57. The van der Waals surface area contributed by atoms with Gasteiger partial charge in [0.05, 0.1) is 22.8 Å². The molecule has 174 valence electrons. The van der Waals surface area contributed by atoms with Crippen molar-refractivity contribution in [1.82, 2.24) is 9.97 Å². The SMILES string of the molecule is Cc1ccc(NC(/C(Nc2ccc(C)cc2)=C(\C#N)c2ccccn2)=C(/C#N)c2ccccn2)cc1.